The Morgan fingerprint density at radius 2 is 1.65 bits per heavy atom. The van der Waals surface area contributed by atoms with Crippen molar-refractivity contribution in [3.05, 3.63) is 102 Å². The molecule has 4 amide bonds. The van der Waals surface area contributed by atoms with E-state index in [1.165, 1.54) is 14.2 Å². The average Bonchev–Trinajstić information content (AvgIpc) is 4.15. The van der Waals surface area contributed by atoms with Gasteiger partial charge in [-0.25, -0.2) is 19.6 Å². The van der Waals surface area contributed by atoms with Crippen molar-refractivity contribution < 1.29 is 38.1 Å². The van der Waals surface area contributed by atoms with Crippen LogP contribution in [0.25, 0.3) is 44.2 Å². The van der Waals surface area contributed by atoms with Gasteiger partial charge >= 0.3 is 12.2 Å². The van der Waals surface area contributed by atoms with Crippen molar-refractivity contribution in [3.63, 3.8) is 0 Å². The molecule has 338 valence electrons. The lowest BCUT2D eigenvalue weighted by molar-refractivity contribution is -0.137. The van der Waals surface area contributed by atoms with E-state index in [0.29, 0.717) is 43.4 Å². The van der Waals surface area contributed by atoms with Crippen LogP contribution in [-0.2, 0) is 30.4 Å². The van der Waals surface area contributed by atoms with Crippen LogP contribution in [0.3, 0.4) is 0 Å². The van der Waals surface area contributed by atoms with Gasteiger partial charge in [0.15, 0.2) is 0 Å². The van der Waals surface area contributed by atoms with E-state index in [9.17, 15) is 19.2 Å². The molecule has 2 aromatic heterocycles. The molecule has 0 radical (unpaired) electrons. The summed E-state index contributed by atoms with van der Waals surface area (Å²) in [5.41, 5.74) is 7.10. The summed E-state index contributed by atoms with van der Waals surface area (Å²) in [4.78, 5) is 73.5. The van der Waals surface area contributed by atoms with Crippen molar-refractivity contribution in [1.82, 2.24) is 40.4 Å². The number of fused-ring (bicyclic) bond motifs is 6. The zero-order valence-electron chi connectivity index (χ0n) is 37.3. The van der Waals surface area contributed by atoms with Gasteiger partial charge < -0.3 is 49.3 Å². The summed E-state index contributed by atoms with van der Waals surface area (Å²) in [6.45, 7) is 7.12. The Labute approximate surface area is 376 Å². The Balaban J connectivity index is 0.974. The number of nitrogens with zero attached hydrogens (tertiary/aromatic N) is 4. The van der Waals surface area contributed by atoms with E-state index in [1.807, 2.05) is 62.1 Å². The van der Waals surface area contributed by atoms with Gasteiger partial charge in [0.1, 0.15) is 36.1 Å². The van der Waals surface area contributed by atoms with E-state index >= 15 is 0 Å². The topological polar surface area (TPSA) is 193 Å². The monoisotopic (exact) mass is 888 g/mol. The Morgan fingerprint density at radius 1 is 0.862 bits per heavy atom. The van der Waals surface area contributed by atoms with Crippen LogP contribution in [0.15, 0.2) is 79.0 Å². The highest BCUT2D eigenvalue weighted by atomic mass is 16.5. The first-order valence-electron chi connectivity index (χ1n) is 22.1. The number of rotatable bonds is 11. The third-order valence-electron chi connectivity index (χ3n) is 13.1. The number of likely N-dealkylation sites (tertiary alicyclic amines) is 2. The van der Waals surface area contributed by atoms with Crippen LogP contribution in [0.2, 0.25) is 0 Å². The van der Waals surface area contributed by atoms with Gasteiger partial charge in [0.05, 0.1) is 55.8 Å². The van der Waals surface area contributed by atoms with Gasteiger partial charge in [-0.1, -0.05) is 62.4 Å². The second kappa shape index (κ2) is 17.9. The maximum atomic E-state index is 14.3. The maximum Gasteiger partial charge on any atom is 0.407 e. The number of carbonyl (C=O) groups excluding carboxylic acids is 4. The van der Waals surface area contributed by atoms with Crippen LogP contribution in [0.4, 0.5) is 9.59 Å². The van der Waals surface area contributed by atoms with Crippen molar-refractivity contribution in [3.8, 4) is 28.1 Å². The molecule has 4 N–H and O–H groups in total. The summed E-state index contributed by atoms with van der Waals surface area (Å²) in [5.74, 6) is 1.62. The second-order valence-electron chi connectivity index (χ2n) is 17.6. The predicted molar refractivity (Wildman–Crippen MR) is 243 cm³/mol. The fraction of sp³-hybridized carbons (Fsp3) is 0.388. The maximum absolute atomic E-state index is 14.3. The van der Waals surface area contributed by atoms with Crippen molar-refractivity contribution in [2.45, 2.75) is 76.8 Å². The number of aromatic nitrogens is 4. The third-order valence-corrected chi connectivity index (χ3v) is 13.1. The Hall–Kier alpha value is -6.94. The standard InChI is InChI=1S/C49H54N8O8/c1-26(2)41(54-48(60)63-5)47(59)57-27(3)12-17-38(57)45-51-36-16-14-30-20-35-33-15-13-31(19-32(33)25-65-40(35)21-34(30)43(36)53-45)37-22-50-44(52-37)39-18-28(24-62-4)23-56(39)46(58)42(55-49(61)64-6)29-10-8-7-9-11-29/h7-11,13-16,19-22,26-28,38-39,41-42H,12,17-18,23-25H2,1-6H3,(H,50,52)(H,51,53)(H,54,60)(H,55,61)/t27-,28-,38-,39-,41-,42+/m0/s1/i7+1,8+1,9+1,10+1,11+1,29+1. The van der Waals surface area contributed by atoms with Crippen LogP contribution >= 0.6 is 0 Å². The van der Waals surface area contributed by atoms with Gasteiger partial charge in [0, 0.05) is 36.6 Å². The number of imidazole rings is 2. The van der Waals surface area contributed by atoms with E-state index in [4.69, 9.17) is 28.9 Å². The molecule has 6 atom stereocenters. The molecule has 16 heteroatoms. The van der Waals surface area contributed by atoms with Crippen molar-refractivity contribution >= 4 is 45.8 Å². The molecule has 9 rings (SSSR count). The summed E-state index contributed by atoms with van der Waals surface area (Å²) in [6, 6.07) is 21.3. The molecule has 0 spiro atoms. The van der Waals surface area contributed by atoms with Gasteiger partial charge in [-0.3, -0.25) is 9.59 Å². The number of carbonyl (C=O) groups is 4. The largest absolute Gasteiger partial charge is 0.488 e. The van der Waals surface area contributed by atoms with Crippen molar-refractivity contribution in [2.75, 3.05) is 34.5 Å². The first-order chi connectivity index (χ1) is 31.5. The summed E-state index contributed by atoms with van der Waals surface area (Å²) in [6.07, 6.45) is 2.64. The number of hydrogen-bond donors (Lipinski definition) is 4. The van der Waals surface area contributed by atoms with E-state index in [1.54, 1.807) is 18.2 Å². The van der Waals surface area contributed by atoms with Crippen LogP contribution in [0.5, 0.6) is 5.75 Å². The Kier molecular flexibility index (Phi) is 11.9. The molecule has 4 aromatic carbocycles. The number of nitrogens with one attached hydrogen (secondary N) is 4. The molecule has 0 aliphatic carbocycles. The number of ether oxygens (including phenoxy) is 4. The SMILES string of the molecule is COC[C@H]1C[C@@H](c2ncc(-c3ccc4c(c3)COc3cc5c(ccc6nc([C@@H]7CC[C@H](C)N7C(=O)[C@@H](NC(=O)OC)C(C)C)[nH]c65)cc3-4)[nH]2)N(C(=O)[C@H](NC(=O)OC)[13c]2[13cH][13cH][13cH][13cH][13cH]2)C1. The Bertz CT molecular complexity index is 2770. The minimum atomic E-state index is -0.948. The number of amides is 4. The van der Waals surface area contributed by atoms with Crippen molar-refractivity contribution in [2.24, 2.45) is 11.8 Å². The predicted octanol–water partition coefficient (Wildman–Crippen LogP) is 7.73. The lowest BCUT2D eigenvalue weighted by Crippen LogP contribution is -2.52. The smallest absolute Gasteiger partial charge is 0.407 e. The number of H-pyrrole nitrogens is 2. The molecule has 0 saturated carbocycles. The van der Waals surface area contributed by atoms with Crippen LogP contribution in [0.1, 0.15) is 80.9 Å². The van der Waals surface area contributed by atoms with E-state index in [2.05, 4.69) is 57.0 Å². The molecule has 65 heavy (non-hydrogen) atoms. The zero-order valence-corrected chi connectivity index (χ0v) is 37.3. The van der Waals surface area contributed by atoms with Gasteiger partial charge in [0.2, 0.25) is 5.91 Å². The summed E-state index contributed by atoms with van der Waals surface area (Å²) < 4.78 is 21.7. The van der Waals surface area contributed by atoms with Crippen LogP contribution < -0.4 is 15.4 Å². The number of benzene rings is 4. The third kappa shape index (κ3) is 8.22. The first-order valence-corrected chi connectivity index (χ1v) is 22.1. The van der Waals surface area contributed by atoms with Crippen LogP contribution in [-0.4, -0.2) is 100 Å². The number of aromatic amines is 2. The van der Waals surface area contributed by atoms with Gasteiger partial charge in [0.25, 0.3) is 5.91 Å². The number of alkyl carbamates (subject to hydrolysis) is 2. The minimum Gasteiger partial charge on any atom is -0.488 e. The first kappa shape index (κ1) is 43.3. The second-order valence-corrected chi connectivity index (χ2v) is 17.6. The molecule has 2 fully saturated rings. The van der Waals surface area contributed by atoms with E-state index in [-0.39, 0.29) is 41.8 Å². The molecule has 0 bridgehead atoms. The summed E-state index contributed by atoms with van der Waals surface area (Å²) in [7, 11) is 4.22. The molecular weight excluding hydrogens is 835 g/mol. The molecule has 0 unspecified atom stereocenters. The van der Waals surface area contributed by atoms with Gasteiger partial charge in [-0.15, -0.1) is 0 Å². The molecule has 5 heterocycles. The molecule has 3 aliphatic heterocycles. The fourth-order valence-electron chi connectivity index (χ4n) is 9.83. The summed E-state index contributed by atoms with van der Waals surface area (Å²) >= 11 is 0. The average molecular weight is 889 g/mol. The molecular formula is C49H54N8O8. The molecule has 2 saturated heterocycles. The zero-order chi connectivity index (χ0) is 45.5. The summed E-state index contributed by atoms with van der Waals surface area (Å²) in [5, 5.41) is 7.45. The molecule has 3 aliphatic rings. The Morgan fingerprint density at radius 3 is 2.40 bits per heavy atom. The van der Waals surface area contributed by atoms with Crippen LogP contribution in [0, 0.1) is 11.8 Å². The van der Waals surface area contributed by atoms with E-state index < -0.39 is 24.3 Å². The number of hydrogen-bond acceptors (Lipinski definition) is 10. The quantitative estimate of drug-likeness (QED) is 0.100. The fourth-order valence-corrected chi connectivity index (χ4v) is 9.83. The highest BCUT2D eigenvalue weighted by molar-refractivity contribution is 6.07. The normalized spacial score (nSPS) is 20.0. The minimum absolute atomic E-state index is 0.0342. The van der Waals surface area contributed by atoms with Gasteiger partial charge in [-0.05, 0) is 84.0 Å². The highest BCUT2D eigenvalue weighted by Gasteiger charge is 2.43. The van der Waals surface area contributed by atoms with Crippen molar-refractivity contribution in [1.29, 1.82) is 0 Å². The highest BCUT2D eigenvalue weighted by Crippen LogP contribution is 2.44. The molecule has 16 nitrogen and oxygen atoms in total. The molecule has 6 aromatic rings. The lowest BCUT2D eigenvalue weighted by atomic mass is 9.92. The number of methoxy groups -OCH3 is 3. The lowest BCUT2D eigenvalue weighted by Gasteiger charge is -2.32. The van der Waals surface area contributed by atoms with E-state index in [0.717, 1.165) is 68.3 Å². The van der Waals surface area contributed by atoms with Gasteiger partial charge in [-0.2, -0.15) is 0 Å².